The third-order valence-corrected chi connectivity index (χ3v) is 5.01. The molecule has 2 heterocycles. The molecule has 0 atom stereocenters. The number of ether oxygens (including phenoxy) is 2. The van der Waals surface area contributed by atoms with Crippen molar-refractivity contribution in [1.82, 2.24) is 4.31 Å². The predicted octanol–water partition coefficient (Wildman–Crippen LogP) is 0.421. The summed E-state index contributed by atoms with van der Waals surface area (Å²) in [6.45, 7) is 7.62. The number of hydrogen-bond donors (Lipinski definition) is 0. The highest BCUT2D eigenvalue weighted by molar-refractivity contribution is 7.89. The lowest BCUT2D eigenvalue weighted by molar-refractivity contribution is -0.299. The van der Waals surface area contributed by atoms with E-state index in [9.17, 15) is 8.42 Å². The van der Waals surface area contributed by atoms with Crippen molar-refractivity contribution in [3.05, 3.63) is 0 Å². The van der Waals surface area contributed by atoms with Crippen molar-refractivity contribution in [3.8, 4) is 0 Å². The third-order valence-electron chi connectivity index (χ3n) is 3.23. The second-order valence-electron chi connectivity index (χ2n) is 5.15. The summed E-state index contributed by atoms with van der Waals surface area (Å²) in [5, 5.41) is 0. The van der Waals surface area contributed by atoms with E-state index in [1.807, 2.05) is 13.8 Å². The molecule has 1 spiro atoms. The van der Waals surface area contributed by atoms with Crippen LogP contribution in [0, 0.1) is 5.41 Å². The molecule has 2 aliphatic heterocycles. The van der Waals surface area contributed by atoms with Gasteiger partial charge in [0.1, 0.15) is 0 Å². The van der Waals surface area contributed by atoms with Gasteiger partial charge in [-0.3, -0.25) is 0 Å². The van der Waals surface area contributed by atoms with E-state index in [4.69, 9.17) is 9.47 Å². The molecule has 0 N–H and O–H groups in total. The molecule has 0 aromatic heterocycles. The van der Waals surface area contributed by atoms with Gasteiger partial charge in [0.2, 0.25) is 10.0 Å². The second-order valence-corrected chi connectivity index (χ2v) is 7.40. The third kappa shape index (κ3) is 2.11. The van der Waals surface area contributed by atoms with E-state index in [-0.39, 0.29) is 11.2 Å². The van der Waals surface area contributed by atoms with Gasteiger partial charge in [-0.2, -0.15) is 0 Å². The van der Waals surface area contributed by atoms with E-state index in [1.165, 1.54) is 4.31 Å². The largest absolute Gasteiger partial charge is 0.350 e. The summed E-state index contributed by atoms with van der Waals surface area (Å²) in [5.74, 6) is -0.369. The molecule has 0 unspecified atom stereocenters. The average molecular weight is 249 g/mol. The van der Waals surface area contributed by atoms with Crippen LogP contribution in [0.5, 0.6) is 0 Å². The summed E-state index contributed by atoms with van der Waals surface area (Å²) in [7, 11) is -3.04. The molecule has 0 bridgehead atoms. The van der Waals surface area contributed by atoms with E-state index < -0.39 is 15.8 Å². The van der Waals surface area contributed by atoms with Crippen molar-refractivity contribution in [2.45, 2.75) is 26.6 Å². The van der Waals surface area contributed by atoms with Gasteiger partial charge in [0.25, 0.3) is 0 Å². The molecule has 6 heteroatoms. The fraction of sp³-hybridized carbons (Fsp3) is 1.00. The van der Waals surface area contributed by atoms with Gasteiger partial charge in [-0.15, -0.1) is 0 Å². The molecule has 94 valence electrons. The molecule has 5 nitrogen and oxygen atoms in total. The van der Waals surface area contributed by atoms with Crippen molar-refractivity contribution >= 4 is 10.0 Å². The predicted molar refractivity (Wildman–Crippen MR) is 59.4 cm³/mol. The van der Waals surface area contributed by atoms with Gasteiger partial charge < -0.3 is 9.47 Å². The maximum atomic E-state index is 11.6. The van der Waals surface area contributed by atoms with E-state index in [0.29, 0.717) is 26.3 Å². The van der Waals surface area contributed by atoms with Gasteiger partial charge in [-0.05, 0) is 20.8 Å². The molecule has 0 saturated carbocycles. The quantitative estimate of drug-likeness (QED) is 0.712. The van der Waals surface area contributed by atoms with Crippen molar-refractivity contribution in [1.29, 1.82) is 0 Å². The summed E-state index contributed by atoms with van der Waals surface area (Å²) in [5.41, 5.74) is -0.113. The number of rotatable bonds is 2. The van der Waals surface area contributed by atoms with Crippen molar-refractivity contribution in [2.24, 2.45) is 5.41 Å². The van der Waals surface area contributed by atoms with Crippen LogP contribution in [0.4, 0.5) is 0 Å². The van der Waals surface area contributed by atoms with E-state index >= 15 is 0 Å². The van der Waals surface area contributed by atoms with E-state index in [1.54, 1.807) is 6.92 Å². The van der Waals surface area contributed by atoms with Crippen LogP contribution in [0.3, 0.4) is 0 Å². The van der Waals surface area contributed by atoms with Crippen LogP contribution in [-0.4, -0.2) is 50.6 Å². The van der Waals surface area contributed by atoms with Crippen LogP contribution in [0.15, 0.2) is 0 Å². The average Bonchev–Trinajstić information content (AvgIpc) is 2.15. The Labute approximate surface area is 96.8 Å². The van der Waals surface area contributed by atoms with Crippen molar-refractivity contribution < 1.29 is 17.9 Å². The maximum absolute atomic E-state index is 11.6. The minimum atomic E-state index is -3.04. The van der Waals surface area contributed by atoms with Crippen molar-refractivity contribution in [3.63, 3.8) is 0 Å². The fourth-order valence-electron chi connectivity index (χ4n) is 2.00. The normalized spacial score (nSPS) is 28.9. The molecule has 2 saturated heterocycles. The van der Waals surface area contributed by atoms with Crippen LogP contribution in [0.25, 0.3) is 0 Å². The first-order valence-corrected chi connectivity index (χ1v) is 7.15. The molecule has 16 heavy (non-hydrogen) atoms. The Morgan fingerprint density at radius 1 is 1.19 bits per heavy atom. The zero-order valence-electron chi connectivity index (χ0n) is 10.0. The standard InChI is InChI=1S/C10H19NO4S/c1-4-16(12,13)11-5-10(6-11)7-14-9(2,3)15-8-10/h4-8H2,1-3H3. The monoisotopic (exact) mass is 249 g/mol. The van der Waals surface area contributed by atoms with Gasteiger partial charge >= 0.3 is 0 Å². The Kier molecular flexibility index (Phi) is 2.81. The van der Waals surface area contributed by atoms with E-state index in [0.717, 1.165) is 0 Å². The number of hydrogen-bond acceptors (Lipinski definition) is 4. The SMILES string of the molecule is CCS(=O)(=O)N1CC2(COC(C)(C)OC2)C1. The lowest BCUT2D eigenvalue weighted by atomic mass is 9.82. The van der Waals surface area contributed by atoms with Gasteiger partial charge in [0, 0.05) is 18.5 Å². The van der Waals surface area contributed by atoms with Crippen LogP contribution in [0.2, 0.25) is 0 Å². The summed E-state index contributed by atoms with van der Waals surface area (Å²) in [6.07, 6.45) is 0. The first-order valence-electron chi connectivity index (χ1n) is 5.54. The molecule has 0 aliphatic carbocycles. The maximum Gasteiger partial charge on any atom is 0.213 e. The van der Waals surface area contributed by atoms with E-state index in [2.05, 4.69) is 0 Å². The number of nitrogens with zero attached hydrogens (tertiary/aromatic N) is 1. The lowest BCUT2D eigenvalue weighted by Crippen LogP contribution is -2.65. The van der Waals surface area contributed by atoms with Crippen LogP contribution >= 0.6 is 0 Å². The highest BCUT2D eigenvalue weighted by Gasteiger charge is 2.51. The van der Waals surface area contributed by atoms with Gasteiger partial charge in [0.05, 0.1) is 19.0 Å². The summed E-state index contributed by atoms with van der Waals surface area (Å²) >= 11 is 0. The van der Waals surface area contributed by atoms with Gasteiger partial charge in [-0.1, -0.05) is 0 Å². The first-order chi connectivity index (χ1) is 7.29. The minimum absolute atomic E-state index is 0.113. The highest BCUT2D eigenvalue weighted by atomic mass is 32.2. The molecule has 0 aromatic carbocycles. The van der Waals surface area contributed by atoms with Crippen LogP contribution in [0.1, 0.15) is 20.8 Å². The molecular formula is C10H19NO4S. The molecule has 2 aliphatic rings. The summed E-state index contributed by atoms with van der Waals surface area (Å²) in [6, 6.07) is 0. The summed E-state index contributed by atoms with van der Waals surface area (Å²) < 4.78 is 35.8. The Morgan fingerprint density at radius 2 is 1.69 bits per heavy atom. The Morgan fingerprint density at radius 3 is 2.12 bits per heavy atom. The van der Waals surface area contributed by atoms with Crippen molar-refractivity contribution in [2.75, 3.05) is 32.1 Å². The lowest BCUT2D eigenvalue weighted by Gasteiger charge is -2.53. The zero-order valence-corrected chi connectivity index (χ0v) is 10.8. The van der Waals surface area contributed by atoms with Crippen LogP contribution in [-0.2, 0) is 19.5 Å². The molecule has 0 aromatic rings. The minimum Gasteiger partial charge on any atom is -0.350 e. The fourth-order valence-corrected chi connectivity index (χ4v) is 3.31. The Bertz CT molecular complexity index is 358. The van der Waals surface area contributed by atoms with Gasteiger partial charge in [-0.25, -0.2) is 12.7 Å². The van der Waals surface area contributed by atoms with Crippen LogP contribution < -0.4 is 0 Å². The topological polar surface area (TPSA) is 55.8 Å². The molecule has 0 radical (unpaired) electrons. The Hall–Kier alpha value is -0.170. The Balaban J connectivity index is 1.94. The second kappa shape index (κ2) is 3.66. The molecule has 2 fully saturated rings. The number of sulfonamides is 1. The highest BCUT2D eigenvalue weighted by Crippen LogP contribution is 2.38. The molecule has 0 amide bonds. The molecule has 2 rings (SSSR count). The first kappa shape index (κ1) is 12.3. The zero-order chi connectivity index (χ0) is 12.0. The molecular weight excluding hydrogens is 230 g/mol. The summed E-state index contributed by atoms with van der Waals surface area (Å²) in [4.78, 5) is 0. The smallest absolute Gasteiger partial charge is 0.213 e. The van der Waals surface area contributed by atoms with Gasteiger partial charge in [0.15, 0.2) is 5.79 Å².